The molecule has 0 bridgehead atoms. The highest BCUT2D eigenvalue weighted by molar-refractivity contribution is 6.29. The Kier molecular flexibility index (Phi) is 11.8. The first-order chi connectivity index (χ1) is 44.8. The molecule has 0 aliphatic heterocycles. The summed E-state index contributed by atoms with van der Waals surface area (Å²) in [6.07, 6.45) is 0. The SMILES string of the molecule is CC(C)c1ccc(N(c2ccc3c(c2)C(C)(C)c2cc4c5ccccc5c5ccccc5c4cc2-3)c2cc3c4ccccc4c(N(c4ccc(C(C)C)cc4)c4ccc5c(c4)C(C)(C)c4cc6c7ccccc7c7ccccc7c6cc4-5)cc3c3ccccc23)cc1. The predicted molar refractivity (Wildman–Crippen MR) is 397 cm³/mol. The highest BCUT2D eigenvalue weighted by Crippen LogP contribution is 2.57. The van der Waals surface area contributed by atoms with E-state index in [4.69, 9.17) is 0 Å². The fourth-order valence-electron chi connectivity index (χ4n) is 16.7. The molecule has 0 fully saturated rings. The molecular weight excluding hydrogens is 1110 g/mol. The summed E-state index contributed by atoms with van der Waals surface area (Å²) in [5.41, 5.74) is 19.6. The van der Waals surface area contributed by atoms with E-state index in [1.807, 2.05) is 0 Å². The maximum atomic E-state index is 2.55. The number of rotatable bonds is 8. The molecule has 0 saturated carbocycles. The number of nitrogens with zero attached hydrogens (tertiary/aromatic N) is 2. The van der Waals surface area contributed by atoms with Crippen molar-refractivity contribution >= 4 is 131 Å². The van der Waals surface area contributed by atoms with Crippen molar-refractivity contribution in [1.82, 2.24) is 0 Å². The van der Waals surface area contributed by atoms with Crippen molar-refractivity contribution in [2.24, 2.45) is 0 Å². The molecule has 0 atom stereocenters. The van der Waals surface area contributed by atoms with Gasteiger partial charge in [-0.15, -0.1) is 0 Å². The molecule has 0 N–H and O–H groups in total. The van der Waals surface area contributed by atoms with Gasteiger partial charge in [-0.2, -0.15) is 0 Å². The molecule has 0 unspecified atom stereocenters. The van der Waals surface area contributed by atoms with Gasteiger partial charge in [-0.3, -0.25) is 0 Å². The van der Waals surface area contributed by atoms with Crippen LogP contribution in [0.2, 0.25) is 0 Å². The van der Waals surface area contributed by atoms with Gasteiger partial charge in [0.15, 0.2) is 0 Å². The third kappa shape index (κ3) is 7.86. The van der Waals surface area contributed by atoms with Crippen molar-refractivity contribution in [3.05, 3.63) is 300 Å². The van der Waals surface area contributed by atoms with Crippen molar-refractivity contribution in [3.8, 4) is 22.3 Å². The molecule has 18 rings (SSSR count). The molecule has 0 amide bonds. The molecule has 440 valence electrons. The quantitative estimate of drug-likeness (QED) is 0.140. The van der Waals surface area contributed by atoms with Gasteiger partial charge in [0.1, 0.15) is 0 Å². The molecule has 0 radical (unpaired) electrons. The van der Waals surface area contributed by atoms with E-state index in [-0.39, 0.29) is 10.8 Å². The Morgan fingerprint density at radius 1 is 0.217 bits per heavy atom. The topological polar surface area (TPSA) is 6.48 Å². The number of hydrogen-bond donors (Lipinski definition) is 0. The van der Waals surface area contributed by atoms with Gasteiger partial charge in [-0.25, -0.2) is 0 Å². The maximum absolute atomic E-state index is 2.55. The molecule has 0 aromatic heterocycles. The first-order valence-corrected chi connectivity index (χ1v) is 33.0. The Bertz CT molecular complexity index is 5460. The van der Waals surface area contributed by atoms with Gasteiger partial charge >= 0.3 is 0 Å². The minimum atomic E-state index is -0.272. The molecule has 16 aromatic carbocycles. The van der Waals surface area contributed by atoms with Gasteiger partial charge in [0.2, 0.25) is 0 Å². The smallest absolute Gasteiger partial charge is 0.0546 e. The van der Waals surface area contributed by atoms with Crippen LogP contribution < -0.4 is 9.80 Å². The lowest BCUT2D eigenvalue weighted by atomic mass is 9.81. The van der Waals surface area contributed by atoms with E-state index in [2.05, 4.69) is 332 Å². The molecule has 2 aliphatic carbocycles. The van der Waals surface area contributed by atoms with Gasteiger partial charge in [0.05, 0.1) is 11.4 Å². The van der Waals surface area contributed by atoms with Crippen LogP contribution in [0.4, 0.5) is 34.1 Å². The largest absolute Gasteiger partial charge is 0.310 e. The molecule has 0 spiro atoms. The average Bonchev–Trinajstić information content (AvgIpc) is 1.54. The second-order valence-electron chi connectivity index (χ2n) is 27.9. The zero-order valence-electron chi connectivity index (χ0n) is 53.5. The van der Waals surface area contributed by atoms with Gasteiger partial charge in [-0.05, 0) is 239 Å². The van der Waals surface area contributed by atoms with E-state index in [1.165, 1.54) is 153 Å². The lowest BCUT2D eigenvalue weighted by Crippen LogP contribution is -2.17. The standard InChI is InChI=1S/C90H70N2/c1-53(2)55-33-37-57(38-34-55)91(59-41-43-71-81-47-75-65-25-13-9-21-61(65)63-23-11-15-27-67(63)77(75)49-85(81)89(5,6)83(71)45-59)87-51-79-70-30-18-20-32-74(70)88(52-80(79)69-29-17-19-31-73(69)87)92(58-39-35-56(36-40-58)54(3)4)60-42-44-72-82-48-76-66-26-14-10-22-62(66)64-24-12-16-28-68(64)78(76)50-86(82)90(7,8)84(72)46-60/h9-54H,1-8H3. The first-order valence-electron chi connectivity index (χ1n) is 33.0. The van der Waals surface area contributed by atoms with E-state index in [9.17, 15) is 0 Å². The predicted octanol–water partition coefficient (Wildman–Crippen LogP) is 25.9. The molecule has 0 saturated heterocycles. The minimum Gasteiger partial charge on any atom is -0.310 e. The first kappa shape index (κ1) is 54.4. The zero-order chi connectivity index (χ0) is 62.1. The minimum absolute atomic E-state index is 0.272. The summed E-state index contributed by atoms with van der Waals surface area (Å²) in [6.45, 7) is 18.9. The molecular formula is C90H70N2. The van der Waals surface area contributed by atoms with Gasteiger partial charge in [0.25, 0.3) is 0 Å². The van der Waals surface area contributed by atoms with E-state index in [0.29, 0.717) is 11.8 Å². The number of anilines is 6. The third-order valence-electron chi connectivity index (χ3n) is 21.5. The van der Waals surface area contributed by atoms with Gasteiger partial charge < -0.3 is 9.80 Å². The summed E-state index contributed by atoms with van der Waals surface area (Å²) < 4.78 is 0. The fourth-order valence-corrected chi connectivity index (χ4v) is 16.7. The maximum Gasteiger partial charge on any atom is 0.0546 e. The number of benzene rings is 16. The summed E-state index contributed by atoms with van der Waals surface area (Å²) in [6, 6.07) is 103. The van der Waals surface area contributed by atoms with Crippen molar-refractivity contribution in [2.45, 2.75) is 78.1 Å². The lowest BCUT2D eigenvalue weighted by Gasteiger charge is -2.31. The third-order valence-corrected chi connectivity index (χ3v) is 21.5. The Morgan fingerprint density at radius 2 is 0.457 bits per heavy atom. The second-order valence-corrected chi connectivity index (χ2v) is 27.9. The normalized spacial score (nSPS) is 13.8. The molecule has 0 heterocycles. The lowest BCUT2D eigenvalue weighted by molar-refractivity contribution is 0.661. The van der Waals surface area contributed by atoms with Crippen LogP contribution in [0, 0.1) is 0 Å². The number of hydrogen-bond acceptors (Lipinski definition) is 2. The summed E-state index contributed by atoms with van der Waals surface area (Å²) in [4.78, 5) is 5.10. The Morgan fingerprint density at radius 3 is 0.761 bits per heavy atom. The number of fused-ring (bicyclic) bond motifs is 23. The molecule has 2 nitrogen and oxygen atoms in total. The Labute approximate surface area is 538 Å². The van der Waals surface area contributed by atoms with Crippen LogP contribution in [-0.4, -0.2) is 0 Å². The average molecular weight is 1180 g/mol. The van der Waals surface area contributed by atoms with Crippen LogP contribution in [-0.2, 0) is 10.8 Å². The summed E-state index contributed by atoms with van der Waals surface area (Å²) in [5.74, 6) is 0.803. The summed E-state index contributed by atoms with van der Waals surface area (Å²) >= 11 is 0. The van der Waals surface area contributed by atoms with Crippen LogP contribution in [0.15, 0.2) is 267 Å². The molecule has 16 aromatic rings. The van der Waals surface area contributed by atoms with Crippen molar-refractivity contribution in [1.29, 1.82) is 0 Å². The highest BCUT2D eigenvalue weighted by atomic mass is 15.2. The van der Waals surface area contributed by atoms with Gasteiger partial charge in [0, 0.05) is 44.4 Å². The Hall–Kier alpha value is -10.5. The van der Waals surface area contributed by atoms with Gasteiger partial charge in [-0.1, -0.05) is 237 Å². The Balaban J connectivity index is 0.832. The van der Waals surface area contributed by atoms with E-state index in [1.54, 1.807) is 0 Å². The zero-order valence-corrected chi connectivity index (χ0v) is 53.5. The molecule has 2 aliphatic rings. The van der Waals surface area contributed by atoms with Crippen LogP contribution in [0.25, 0.3) is 119 Å². The van der Waals surface area contributed by atoms with E-state index >= 15 is 0 Å². The van der Waals surface area contributed by atoms with Crippen LogP contribution in [0.5, 0.6) is 0 Å². The second kappa shape index (κ2) is 20.0. The molecule has 2 heteroatoms. The van der Waals surface area contributed by atoms with Crippen molar-refractivity contribution < 1.29 is 0 Å². The van der Waals surface area contributed by atoms with Crippen molar-refractivity contribution in [2.75, 3.05) is 9.80 Å². The molecule has 92 heavy (non-hydrogen) atoms. The highest BCUT2D eigenvalue weighted by Gasteiger charge is 2.39. The van der Waals surface area contributed by atoms with E-state index < -0.39 is 0 Å². The van der Waals surface area contributed by atoms with Crippen molar-refractivity contribution in [3.63, 3.8) is 0 Å². The van der Waals surface area contributed by atoms with Crippen LogP contribution in [0.1, 0.15) is 101 Å². The van der Waals surface area contributed by atoms with E-state index in [0.717, 1.165) is 34.1 Å². The van der Waals surface area contributed by atoms with Crippen LogP contribution >= 0.6 is 0 Å². The summed E-state index contributed by atoms with van der Waals surface area (Å²) in [5, 5.41) is 22.9. The fraction of sp³-hybridized carbons (Fsp3) is 0.133. The monoisotopic (exact) mass is 1180 g/mol. The summed E-state index contributed by atoms with van der Waals surface area (Å²) in [7, 11) is 0. The van der Waals surface area contributed by atoms with Crippen LogP contribution in [0.3, 0.4) is 0 Å².